The van der Waals surface area contributed by atoms with Crippen LogP contribution in [0.5, 0.6) is 0 Å². The minimum Gasteiger partial charge on any atom is -0.386 e. The van der Waals surface area contributed by atoms with Crippen molar-refractivity contribution in [2.45, 2.75) is 25.0 Å². The van der Waals surface area contributed by atoms with Crippen LogP contribution in [0.2, 0.25) is 0 Å². The second kappa shape index (κ2) is 3.90. The van der Waals surface area contributed by atoms with Gasteiger partial charge in [0.25, 0.3) is 0 Å². The summed E-state index contributed by atoms with van der Waals surface area (Å²) in [5.41, 5.74) is 0.390. The molecule has 0 aromatic carbocycles. The van der Waals surface area contributed by atoms with Crippen LogP contribution in [0.25, 0.3) is 0 Å². The molecule has 72 valence electrons. The second-order valence-corrected chi connectivity index (χ2v) is 3.48. The first-order valence-corrected chi connectivity index (χ1v) is 4.34. The van der Waals surface area contributed by atoms with Crippen molar-refractivity contribution in [1.29, 1.82) is 0 Å². The summed E-state index contributed by atoms with van der Waals surface area (Å²) in [5.74, 6) is 0. The first-order chi connectivity index (χ1) is 6.10. The van der Waals surface area contributed by atoms with Crippen LogP contribution in [0, 0.1) is 0 Å². The Morgan fingerprint density at radius 3 is 2.77 bits per heavy atom. The number of allylic oxidation sites excluding steroid dienone is 2. The Bertz CT molecular complexity index is 253. The Labute approximate surface area is 79.2 Å². The molecule has 0 aromatic heterocycles. The van der Waals surface area contributed by atoms with Crippen molar-refractivity contribution >= 4 is 0 Å². The lowest BCUT2D eigenvalue weighted by molar-refractivity contribution is -0.0484. The molecule has 0 bridgehead atoms. The summed E-state index contributed by atoms with van der Waals surface area (Å²) in [7, 11) is 1.61. The lowest BCUT2D eigenvalue weighted by atomic mass is 9.86. The van der Waals surface area contributed by atoms with E-state index in [1.807, 2.05) is 25.2 Å². The zero-order valence-corrected chi connectivity index (χ0v) is 8.16. The van der Waals surface area contributed by atoms with Crippen LogP contribution in [-0.2, 0) is 4.74 Å². The van der Waals surface area contributed by atoms with Crippen molar-refractivity contribution in [3.63, 3.8) is 0 Å². The van der Waals surface area contributed by atoms with E-state index in [-0.39, 0.29) is 0 Å². The average Bonchev–Trinajstić information content (AvgIpc) is 2.08. The van der Waals surface area contributed by atoms with Crippen molar-refractivity contribution in [2.24, 2.45) is 0 Å². The third kappa shape index (κ3) is 2.08. The Balaban J connectivity index is 2.85. The van der Waals surface area contributed by atoms with E-state index in [9.17, 15) is 5.11 Å². The molecule has 1 aliphatic rings. The third-order valence-corrected chi connectivity index (χ3v) is 2.24. The second-order valence-electron chi connectivity index (χ2n) is 3.48. The first-order valence-electron chi connectivity index (χ1n) is 4.34. The molecular weight excluding hydrogens is 164 g/mol. The van der Waals surface area contributed by atoms with Gasteiger partial charge in [0, 0.05) is 13.5 Å². The molecule has 0 heterocycles. The standard InChI is InChI=1S/C11H16O2/c1-9(2)8-11(13-3)7-5-4-6-10(11)12/h4-7,10,12H,1,8H2,2-3H3. The van der Waals surface area contributed by atoms with E-state index in [2.05, 4.69) is 6.58 Å². The third-order valence-electron chi connectivity index (χ3n) is 2.24. The molecule has 1 N–H and O–H groups in total. The molecule has 2 nitrogen and oxygen atoms in total. The number of hydrogen-bond acceptors (Lipinski definition) is 2. The number of rotatable bonds is 3. The number of hydrogen-bond donors (Lipinski definition) is 1. The summed E-state index contributed by atoms with van der Waals surface area (Å²) < 4.78 is 5.35. The van der Waals surface area contributed by atoms with Crippen molar-refractivity contribution in [3.8, 4) is 0 Å². The van der Waals surface area contributed by atoms with E-state index in [1.54, 1.807) is 13.2 Å². The van der Waals surface area contributed by atoms with E-state index in [4.69, 9.17) is 4.74 Å². The summed E-state index contributed by atoms with van der Waals surface area (Å²) >= 11 is 0. The van der Waals surface area contributed by atoms with Gasteiger partial charge >= 0.3 is 0 Å². The number of methoxy groups -OCH3 is 1. The summed E-state index contributed by atoms with van der Waals surface area (Å²) in [6.45, 7) is 5.76. The molecular formula is C11H16O2. The Kier molecular flexibility index (Phi) is 3.07. The molecule has 0 fully saturated rings. The van der Waals surface area contributed by atoms with Crippen molar-refractivity contribution in [2.75, 3.05) is 7.11 Å². The molecule has 0 radical (unpaired) electrons. The monoisotopic (exact) mass is 180 g/mol. The van der Waals surface area contributed by atoms with Gasteiger partial charge in [0.15, 0.2) is 0 Å². The van der Waals surface area contributed by atoms with Crippen LogP contribution < -0.4 is 0 Å². The highest BCUT2D eigenvalue weighted by Crippen LogP contribution is 2.28. The van der Waals surface area contributed by atoms with E-state index in [1.165, 1.54) is 0 Å². The number of aliphatic hydroxyl groups is 1. The lowest BCUT2D eigenvalue weighted by Crippen LogP contribution is -2.42. The van der Waals surface area contributed by atoms with E-state index < -0.39 is 11.7 Å². The maximum atomic E-state index is 9.76. The zero-order chi connectivity index (χ0) is 9.90. The van der Waals surface area contributed by atoms with Gasteiger partial charge in [-0.3, -0.25) is 0 Å². The molecule has 1 aliphatic carbocycles. The summed E-state index contributed by atoms with van der Waals surface area (Å²) in [6, 6.07) is 0. The van der Waals surface area contributed by atoms with Gasteiger partial charge < -0.3 is 9.84 Å². The van der Waals surface area contributed by atoms with Gasteiger partial charge in [-0.2, -0.15) is 0 Å². The lowest BCUT2D eigenvalue weighted by Gasteiger charge is -2.34. The fraction of sp³-hybridized carbons (Fsp3) is 0.455. The fourth-order valence-corrected chi connectivity index (χ4v) is 1.55. The highest BCUT2D eigenvalue weighted by atomic mass is 16.5. The minimum atomic E-state index is -0.611. The average molecular weight is 180 g/mol. The van der Waals surface area contributed by atoms with Crippen molar-refractivity contribution in [1.82, 2.24) is 0 Å². The summed E-state index contributed by atoms with van der Waals surface area (Å²) in [5, 5.41) is 9.76. The van der Waals surface area contributed by atoms with Crippen molar-refractivity contribution in [3.05, 3.63) is 36.5 Å². The van der Waals surface area contributed by atoms with Crippen LogP contribution in [0.15, 0.2) is 36.5 Å². The van der Waals surface area contributed by atoms with Gasteiger partial charge in [-0.25, -0.2) is 0 Å². The number of ether oxygens (including phenoxy) is 1. The first kappa shape index (κ1) is 10.2. The molecule has 0 amide bonds. The highest BCUT2D eigenvalue weighted by Gasteiger charge is 2.34. The van der Waals surface area contributed by atoms with Gasteiger partial charge in [0.2, 0.25) is 0 Å². The van der Waals surface area contributed by atoms with E-state index >= 15 is 0 Å². The normalized spacial score (nSPS) is 32.1. The SMILES string of the molecule is C=C(C)CC1(OC)C=CC=CC1O. The van der Waals surface area contributed by atoms with Gasteiger partial charge in [0.1, 0.15) is 11.7 Å². The molecule has 0 aliphatic heterocycles. The van der Waals surface area contributed by atoms with Gasteiger partial charge in [0.05, 0.1) is 0 Å². The highest BCUT2D eigenvalue weighted by molar-refractivity contribution is 5.25. The quantitative estimate of drug-likeness (QED) is 0.671. The smallest absolute Gasteiger partial charge is 0.119 e. The fourth-order valence-electron chi connectivity index (χ4n) is 1.55. The van der Waals surface area contributed by atoms with Crippen molar-refractivity contribution < 1.29 is 9.84 Å². The number of aliphatic hydroxyl groups excluding tert-OH is 1. The maximum Gasteiger partial charge on any atom is 0.119 e. The predicted molar refractivity (Wildman–Crippen MR) is 53.5 cm³/mol. The predicted octanol–water partition coefficient (Wildman–Crippen LogP) is 1.82. The van der Waals surface area contributed by atoms with E-state index in [0.29, 0.717) is 6.42 Å². The zero-order valence-electron chi connectivity index (χ0n) is 8.16. The van der Waals surface area contributed by atoms with Gasteiger partial charge in [-0.05, 0) is 13.0 Å². The van der Waals surface area contributed by atoms with Gasteiger partial charge in [-0.1, -0.05) is 23.8 Å². The molecule has 1 rings (SSSR count). The van der Waals surface area contributed by atoms with Crippen LogP contribution in [-0.4, -0.2) is 23.9 Å². The van der Waals surface area contributed by atoms with Gasteiger partial charge in [-0.15, -0.1) is 6.58 Å². The Morgan fingerprint density at radius 1 is 1.62 bits per heavy atom. The summed E-state index contributed by atoms with van der Waals surface area (Å²) in [6.07, 6.45) is 7.38. The minimum absolute atomic E-state index is 0.584. The molecule has 0 aromatic rings. The Morgan fingerprint density at radius 2 is 2.31 bits per heavy atom. The van der Waals surface area contributed by atoms with Crippen LogP contribution >= 0.6 is 0 Å². The molecule has 0 saturated carbocycles. The van der Waals surface area contributed by atoms with E-state index in [0.717, 1.165) is 5.57 Å². The molecule has 0 spiro atoms. The molecule has 2 heteroatoms. The Hall–Kier alpha value is -0.860. The summed E-state index contributed by atoms with van der Waals surface area (Å²) in [4.78, 5) is 0. The molecule has 2 unspecified atom stereocenters. The van der Waals surface area contributed by atoms with Crippen LogP contribution in [0.4, 0.5) is 0 Å². The topological polar surface area (TPSA) is 29.5 Å². The molecule has 13 heavy (non-hydrogen) atoms. The molecule has 0 saturated heterocycles. The largest absolute Gasteiger partial charge is 0.386 e. The van der Waals surface area contributed by atoms with Crippen LogP contribution in [0.3, 0.4) is 0 Å². The van der Waals surface area contributed by atoms with Crippen LogP contribution in [0.1, 0.15) is 13.3 Å². The maximum absolute atomic E-state index is 9.76. The molecule has 2 atom stereocenters.